The largest absolute Gasteiger partial charge is 0.303 e. The first-order chi connectivity index (χ1) is 7.09. The number of rotatable bonds is 2. The molecule has 0 spiro atoms. The summed E-state index contributed by atoms with van der Waals surface area (Å²) in [5, 5.41) is 0. The normalized spacial score (nSPS) is 47.3. The Bertz CT molecular complexity index is 248. The fourth-order valence-corrected chi connectivity index (χ4v) is 4.56. The molecule has 2 aliphatic rings. The smallest absolute Gasteiger partial charge is 0.123 e. The minimum absolute atomic E-state index is 0.269. The van der Waals surface area contributed by atoms with Gasteiger partial charge in [-0.15, -0.1) is 0 Å². The third kappa shape index (κ3) is 1.64. The van der Waals surface area contributed by atoms with Crippen LogP contribution in [0.2, 0.25) is 0 Å². The van der Waals surface area contributed by atoms with E-state index in [0.717, 1.165) is 11.8 Å². The minimum atomic E-state index is 0.269. The van der Waals surface area contributed by atoms with E-state index in [4.69, 9.17) is 0 Å². The van der Waals surface area contributed by atoms with Crippen LogP contribution in [0.1, 0.15) is 52.9 Å². The highest BCUT2D eigenvalue weighted by Crippen LogP contribution is 2.59. The highest BCUT2D eigenvalue weighted by Gasteiger charge is 2.51. The van der Waals surface area contributed by atoms with Gasteiger partial charge in [-0.05, 0) is 42.4 Å². The Morgan fingerprint density at radius 3 is 2.73 bits per heavy atom. The van der Waals surface area contributed by atoms with Gasteiger partial charge in [0.15, 0.2) is 0 Å². The van der Waals surface area contributed by atoms with E-state index in [9.17, 15) is 4.79 Å². The fourth-order valence-electron chi connectivity index (χ4n) is 4.56. The molecule has 0 saturated heterocycles. The van der Waals surface area contributed by atoms with Crippen LogP contribution < -0.4 is 0 Å². The first-order valence-corrected chi connectivity index (χ1v) is 6.55. The van der Waals surface area contributed by atoms with Crippen LogP contribution in [-0.4, -0.2) is 6.29 Å². The molecule has 0 radical (unpaired) electrons. The number of carbonyl (C=O) groups excluding carboxylic acids is 1. The first kappa shape index (κ1) is 11.2. The molecule has 0 aromatic rings. The summed E-state index contributed by atoms with van der Waals surface area (Å²) in [4.78, 5) is 11.0. The van der Waals surface area contributed by atoms with Crippen molar-refractivity contribution in [3.8, 4) is 0 Å². The molecule has 0 aliphatic heterocycles. The van der Waals surface area contributed by atoms with Crippen LogP contribution in [0.4, 0.5) is 0 Å². The van der Waals surface area contributed by atoms with E-state index >= 15 is 0 Å². The zero-order chi connectivity index (χ0) is 11.1. The number of carbonyl (C=O) groups is 1. The lowest BCUT2D eigenvalue weighted by molar-refractivity contribution is -0.114. The quantitative estimate of drug-likeness (QED) is 0.633. The standard InChI is InChI=1S/C14H24O/c1-10-5-4-8-14(3)12(10)6-7-13(14)11(2)9-15/h9-13H,4-8H2,1-3H3/t10?,11-,12?,13-,14+/m1/s1. The third-order valence-electron chi connectivity index (χ3n) is 5.39. The Morgan fingerprint density at radius 2 is 2.07 bits per heavy atom. The number of hydrogen-bond donors (Lipinski definition) is 0. The summed E-state index contributed by atoms with van der Waals surface area (Å²) in [5.74, 6) is 2.69. The van der Waals surface area contributed by atoms with E-state index in [1.54, 1.807) is 0 Å². The van der Waals surface area contributed by atoms with Crippen LogP contribution >= 0.6 is 0 Å². The fraction of sp³-hybridized carbons (Fsp3) is 0.929. The maximum atomic E-state index is 11.0. The van der Waals surface area contributed by atoms with E-state index in [0.29, 0.717) is 11.3 Å². The van der Waals surface area contributed by atoms with E-state index in [1.165, 1.54) is 38.4 Å². The molecular formula is C14H24O. The van der Waals surface area contributed by atoms with Gasteiger partial charge in [-0.25, -0.2) is 0 Å². The molecule has 2 fully saturated rings. The van der Waals surface area contributed by atoms with Gasteiger partial charge in [0.2, 0.25) is 0 Å². The van der Waals surface area contributed by atoms with Gasteiger partial charge >= 0.3 is 0 Å². The van der Waals surface area contributed by atoms with Gasteiger partial charge in [0, 0.05) is 5.92 Å². The van der Waals surface area contributed by atoms with Crippen molar-refractivity contribution >= 4 is 6.29 Å². The average Bonchev–Trinajstić information content (AvgIpc) is 2.56. The molecule has 0 bridgehead atoms. The Morgan fingerprint density at radius 1 is 1.33 bits per heavy atom. The second kappa shape index (κ2) is 3.92. The van der Waals surface area contributed by atoms with Crippen molar-refractivity contribution in [2.45, 2.75) is 52.9 Å². The highest BCUT2D eigenvalue weighted by molar-refractivity contribution is 5.53. The molecule has 2 rings (SSSR count). The lowest BCUT2D eigenvalue weighted by Crippen LogP contribution is -2.38. The molecule has 0 aromatic carbocycles. The predicted octanol–water partition coefficient (Wildman–Crippen LogP) is 3.67. The number of fused-ring (bicyclic) bond motifs is 1. The monoisotopic (exact) mass is 208 g/mol. The maximum absolute atomic E-state index is 11.0. The topological polar surface area (TPSA) is 17.1 Å². The molecule has 86 valence electrons. The molecule has 1 nitrogen and oxygen atoms in total. The van der Waals surface area contributed by atoms with Crippen molar-refractivity contribution in [3.63, 3.8) is 0 Å². The van der Waals surface area contributed by atoms with Crippen LogP contribution in [-0.2, 0) is 4.79 Å². The lowest BCUT2D eigenvalue weighted by atomic mass is 9.60. The molecule has 0 aromatic heterocycles. The van der Waals surface area contributed by atoms with Gasteiger partial charge in [0.25, 0.3) is 0 Å². The van der Waals surface area contributed by atoms with Gasteiger partial charge in [-0.3, -0.25) is 0 Å². The molecule has 15 heavy (non-hydrogen) atoms. The van der Waals surface area contributed by atoms with Crippen molar-refractivity contribution in [2.24, 2.45) is 29.1 Å². The van der Waals surface area contributed by atoms with Gasteiger partial charge < -0.3 is 4.79 Å². The average molecular weight is 208 g/mol. The Kier molecular flexibility index (Phi) is 2.92. The molecule has 2 aliphatic carbocycles. The van der Waals surface area contributed by atoms with Crippen molar-refractivity contribution in [1.82, 2.24) is 0 Å². The van der Waals surface area contributed by atoms with Crippen LogP contribution in [0.25, 0.3) is 0 Å². The molecule has 1 heteroatoms. The van der Waals surface area contributed by atoms with Crippen LogP contribution in [0.15, 0.2) is 0 Å². The third-order valence-corrected chi connectivity index (χ3v) is 5.39. The van der Waals surface area contributed by atoms with Crippen molar-refractivity contribution in [3.05, 3.63) is 0 Å². The first-order valence-electron chi connectivity index (χ1n) is 6.55. The van der Waals surface area contributed by atoms with Crippen molar-refractivity contribution in [2.75, 3.05) is 0 Å². The summed E-state index contributed by atoms with van der Waals surface area (Å²) in [6.07, 6.45) is 7.95. The van der Waals surface area contributed by atoms with Crippen LogP contribution in [0.3, 0.4) is 0 Å². The second-order valence-electron chi connectivity index (χ2n) is 6.16. The zero-order valence-electron chi connectivity index (χ0n) is 10.3. The molecule has 0 heterocycles. The van der Waals surface area contributed by atoms with E-state index in [-0.39, 0.29) is 5.92 Å². The summed E-state index contributed by atoms with van der Waals surface area (Å²) < 4.78 is 0. The Labute approximate surface area is 93.6 Å². The van der Waals surface area contributed by atoms with Gasteiger partial charge in [0.1, 0.15) is 6.29 Å². The van der Waals surface area contributed by atoms with Crippen LogP contribution in [0, 0.1) is 29.1 Å². The minimum Gasteiger partial charge on any atom is -0.303 e. The Balaban J connectivity index is 2.20. The highest BCUT2D eigenvalue weighted by atomic mass is 16.1. The molecular weight excluding hydrogens is 184 g/mol. The maximum Gasteiger partial charge on any atom is 0.123 e. The summed E-state index contributed by atoms with van der Waals surface area (Å²) in [5.41, 5.74) is 0.470. The summed E-state index contributed by atoms with van der Waals surface area (Å²) >= 11 is 0. The van der Waals surface area contributed by atoms with Gasteiger partial charge in [-0.2, -0.15) is 0 Å². The summed E-state index contributed by atoms with van der Waals surface area (Å²) in [6.45, 7) is 6.98. The lowest BCUT2D eigenvalue weighted by Gasteiger charge is -2.45. The van der Waals surface area contributed by atoms with E-state index < -0.39 is 0 Å². The SMILES string of the molecule is CC1CCC[C@@]2(C)C1CC[C@@H]2[C@H](C)C=O. The molecule has 2 saturated carbocycles. The predicted molar refractivity (Wildman–Crippen MR) is 62.6 cm³/mol. The van der Waals surface area contributed by atoms with Crippen molar-refractivity contribution < 1.29 is 4.79 Å². The second-order valence-corrected chi connectivity index (χ2v) is 6.16. The molecule has 2 unspecified atom stereocenters. The number of hydrogen-bond acceptors (Lipinski definition) is 1. The summed E-state index contributed by atoms with van der Waals surface area (Å²) in [7, 11) is 0. The summed E-state index contributed by atoms with van der Waals surface area (Å²) in [6, 6.07) is 0. The zero-order valence-corrected chi connectivity index (χ0v) is 10.3. The van der Waals surface area contributed by atoms with Crippen LogP contribution in [0.5, 0.6) is 0 Å². The van der Waals surface area contributed by atoms with Crippen molar-refractivity contribution in [1.29, 1.82) is 0 Å². The molecule has 0 N–H and O–H groups in total. The van der Waals surface area contributed by atoms with Gasteiger partial charge in [-0.1, -0.05) is 33.6 Å². The number of aldehydes is 1. The Hall–Kier alpha value is -0.330. The molecule has 0 amide bonds. The molecule has 5 atom stereocenters. The van der Waals surface area contributed by atoms with Gasteiger partial charge in [0.05, 0.1) is 0 Å². The van der Waals surface area contributed by atoms with E-state index in [2.05, 4.69) is 20.8 Å². The van der Waals surface area contributed by atoms with E-state index in [1.807, 2.05) is 0 Å².